The zero-order chi connectivity index (χ0) is 23.1. The van der Waals surface area contributed by atoms with Gasteiger partial charge in [0.25, 0.3) is 0 Å². The Hall–Kier alpha value is -3.41. The van der Waals surface area contributed by atoms with Gasteiger partial charge < -0.3 is 25.2 Å². The summed E-state index contributed by atoms with van der Waals surface area (Å²) in [7, 11) is 0. The molecule has 0 saturated heterocycles. The van der Waals surface area contributed by atoms with Gasteiger partial charge in [0.05, 0.1) is 5.92 Å². The van der Waals surface area contributed by atoms with Crippen molar-refractivity contribution in [2.45, 2.75) is 45.4 Å². The van der Waals surface area contributed by atoms with Gasteiger partial charge in [-0.2, -0.15) is 0 Å². The summed E-state index contributed by atoms with van der Waals surface area (Å²) < 4.78 is 5.69. The van der Waals surface area contributed by atoms with Crippen molar-refractivity contribution in [1.29, 1.82) is 0 Å². The first-order valence-corrected chi connectivity index (χ1v) is 10.1. The third kappa shape index (κ3) is 3.98. The highest BCUT2D eigenvalue weighted by Gasteiger charge is 2.37. The predicted octanol–water partition coefficient (Wildman–Crippen LogP) is 4.84. The minimum Gasteiger partial charge on any atom is -0.508 e. The Morgan fingerprint density at radius 3 is 2.42 bits per heavy atom. The molecule has 3 rings (SSSR count). The van der Waals surface area contributed by atoms with E-state index < -0.39 is 17.1 Å². The predicted molar refractivity (Wildman–Crippen MR) is 118 cm³/mol. The Bertz CT molecular complexity index is 1090. The third-order valence-electron chi connectivity index (χ3n) is 5.75. The van der Waals surface area contributed by atoms with E-state index in [1.807, 2.05) is 33.8 Å². The van der Waals surface area contributed by atoms with Crippen molar-refractivity contribution >= 4 is 5.78 Å². The van der Waals surface area contributed by atoms with Crippen LogP contribution in [0.4, 0.5) is 0 Å². The molecule has 2 aromatic carbocycles. The summed E-state index contributed by atoms with van der Waals surface area (Å²) in [6, 6.07) is 4.11. The Morgan fingerprint density at radius 1 is 1.13 bits per heavy atom. The van der Waals surface area contributed by atoms with Gasteiger partial charge in [0.1, 0.15) is 40.9 Å². The zero-order valence-corrected chi connectivity index (χ0v) is 18.2. The number of hydrogen-bond acceptors (Lipinski definition) is 6. The first-order chi connectivity index (χ1) is 14.5. The lowest BCUT2D eigenvalue weighted by atomic mass is 9.80. The number of rotatable bonds is 5. The summed E-state index contributed by atoms with van der Waals surface area (Å²) >= 11 is 0. The van der Waals surface area contributed by atoms with Gasteiger partial charge in [-0.1, -0.05) is 31.6 Å². The molecule has 0 saturated carbocycles. The number of phenols is 4. The van der Waals surface area contributed by atoms with Crippen molar-refractivity contribution < 1.29 is 30.0 Å². The summed E-state index contributed by atoms with van der Waals surface area (Å²) in [4.78, 5) is 13.4. The van der Waals surface area contributed by atoms with Gasteiger partial charge in [-0.3, -0.25) is 4.79 Å². The fourth-order valence-electron chi connectivity index (χ4n) is 3.68. The van der Waals surface area contributed by atoms with Crippen molar-refractivity contribution in [3.63, 3.8) is 0 Å². The van der Waals surface area contributed by atoms with Gasteiger partial charge >= 0.3 is 0 Å². The van der Waals surface area contributed by atoms with Gasteiger partial charge in [0.15, 0.2) is 5.78 Å². The van der Waals surface area contributed by atoms with E-state index in [1.165, 1.54) is 12.1 Å². The third-order valence-corrected chi connectivity index (χ3v) is 5.75. The molecule has 31 heavy (non-hydrogen) atoms. The van der Waals surface area contributed by atoms with Gasteiger partial charge in [-0.05, 0) is 26.3 Å². The minimum atomic E-state index is -0.890. The van der Waals surface area contributed by atoms with Crippen LogP contribution in [0.1, 0.15) is 60.7 Å². The molecule has 0 amide bonds. The molecule has 4 N–H and O–H groups in total. The summed E-state index contributed by atoms with van der Waals surface area (Å²) in [5.74, 6) is -2.04. The number of phenolic OH excluding ortho intramolecular Hbond substituents is 4. The maximum absolute atomic E-state index is 13.4. The summed E-state index contributed by atoms with van der Waals surface area (Å²) in [5.41, 5.74) is 1.41. The first-order valence-electron chi connectivity index (χ1n) is 10.1. The smallest absolute Gasteiger partial charge is 0.181 e. The molecule has 2 aromatic rings. The topological polar surface area (TPSA) is 107 Å². The molecule has 1 heterocycles. The number of hydrogen-bond donors (Lipinski definition) is 4. The highest BCUT2D eigenvalue weighted by Crippen LogP contribution is 2.46. The second-order valence-electron chi connectivity index (χ2n) is 8.66. The van der Waals surface area contributed by atoms with E-state index in [4.69, 9.17) is 4.74 Å². The van der Waals surface area contributed by atoms with Crippen LogP contribution in [0.25, 0.3) is 0 Å². The largest absolute Gasteiger partial charge is 0.508 e. The van der Waals surface area contributed by atoms with Crippen LogP contribution in [0.5, 0.6) is 28.7 Å². The normalized spacial score (nSPS) is 15.7. The SMILES string of the molecule is C=CC(C)(C)c1cc([C@H]2COc3cc(O)c(CC=C(C)C)c(O)c3C2=O)c(O)cc1O. The summed E-state index contributed by atoms with van der Waals surface area (Å²) in [5, 5.41) is 41.9. The van der Waals surface area contributed by atoms with Gasteiger partial charge in [-0.15, -0.1) is 6.58 Å². The van der Waals surface area contributed by atoms with Crippen LogP contribution in [0.2, 0.25) is 0 Å². The molecule has 0 aromatic heterocycles. The fraction of sp³-hybridized carbons (Fsp3) is 0.320. The second kappa shape index (κ2) is 8.02. The van der Waals surface area contributed by atoms with Crippen LogP contribution in [0.15, 0.2) is 42.5 Å². The van der Waals surface area contributed by atoms with Crippen molar-refractivity contribution in [1.82, 2.24) is 0 Å². The number of fused-ring (bicyclic) bond motifs is 1. The molecule has 0 radical (unpaired) electrons. The summed E-state index contributed by atoms with van der Waals surface area (Å²) in [6.07, 6.45) is 3.76. The lowest BCUT2D eigenvalue weighted by Gasteiger charge is -2.28. The highest BCUT2D eigenvalue weighted by atomic mass is 16.5. The van der Waals surface area contributed by atoms with Crippen molar-refractivity contribution in [3.8, 4) is 28.7 Å². The average Bonchev–Trinajstić information content (AvgIpc) is 2.68. The lowest BCUT2D eigenvalue weighted by molar-refractivity contribution is 0.0889. The maximum atomic E-state index is 13.4. The summed E-state index contributed by atoms with van der Waals surface area (Å²) in [6.45, 7) is 11.2. The molecule has 6 nitrogen and oxygen atoms in total. The molecule has 164 valence electrons. The number of Topliss-reactive ketones (excluding diaryl/α,β-unsaturated/α-hetero) is 1. The van der Waals surface area contributed by atoms with E-state index in [2.05, 4.69) is 6.58 Å². The molecule has 6 heteroatoms. The molecule has 0 fully saturated rings. The van der Waals surface area contributed by atoms with Crippen LogP contribution >= 0.6 is 0 Å². The van der Waals surface area contributed by atoms with E-state index in [1.54, 1.807) is 12.1 Å². The maximum Gasteiger partial charge on any atom is 0.181 e. The Labute approximate surface area is 181 Å². The molecular weight excluding hydrogens is 396 g/mol. The monoisotopic (exact) mass is 424 g/mol. The molecule has 0 unspecified atom stereocenters. The quantitative estimate of drug-likeness (QED) is 0.512. The fourth-order valence-corrected chi connectivity index (χ4v) is 3.68. The molecule has 0 aliphatic carbocycles. The number of benzene rings is 2. The molecule has 1 aliphatic rings. The van der Waals surface area contributed by atoms with Crippen molar-refractivity contribution in [3.05, 3.63) is 64.8 Å². The lowest BCUT2D eigenvalue weighted by Crippen LogP contribution is -2.27. The molecular formula is C25H28O6. The van der Waals surface area contributed by atoms with E-state index in [9.17, 15) is 25.2 Å². The number of allylic oxidation sites excluding steroid dienone is 3. The Kier molecular flexibility index (Phi) is 5.77. The van der Waals surface area contributed by atoms with Gasteiger partial charge in [0, 0.05) is 34.2 Å². The zero-order valence-electron chi connectivity index (χ0n) is 18.2. The van der Waals surface area contributed by atoms with E-state index in [0.717, 1.165) is 5.57 Å². The number of ether oxygens (including phenoxy) is 1. The van der Waals surface area contributed by atoms with Crippen molar-refractivity contribution in [2.24, 2.45) is 0 Å². The second-order valence-corrected chi connectivity index (χ2v) is 8.66. The Morgan fingerprint density at radius 2 is 1.81 bits per heavy atom. The minimum absolute atomic E-state index is 0.0248. The Balaban J connectivity index is 2.11. The van der Waals surface area contributed by atoms with E-state index >= 15 is 0 Å². The highest BCUT2D eigenvalue weighted by molar-refractivity contribution is 6.07. The molecule has 1 atom stereocenters. The number of carbonyl (C=O) groups is 1. The van der Waals surface area contributed by atoms with Crippen molar-refractivity contribution in [2.75, 3.05) is 6.61 Å². The first kappa shape index (κ1) is 22.3. The van der Waals surface area contributed by atoms with E-state index in [-0.39, 0.29) is 58.5 Å². The van der Waals surface area contributed by atoms with Crippen LogP contribution < -0.4 is 4.74 Å². The number of carbonyl (C=O) groups excluding carboxylic acids is 1. The van der Waals surface area contributed by atoms with Crippen LogP contribution in [-0.2, 0) is 11.8 Å². The van der Waals surface area contributed by atoms with Crippen LogP contribution in [0, 0.1) is 0 Å². The molecule has 0 bridgehead atoms. The van der Waals surface area contributed by atoms with Crippen LogP contribution in [0.3, 0.4) is 0 Å². The molecule has 1 aliphatic heterocycles. The average molecular weight is 424 g/mol. The van der Waals surface area contributed by atoms with E-state index in [0.29, 0.717) is 5.56 Å². The molecule has 0 spiro atoms. The number of aromatic hydroxyl groups is 4. The van der Waals surface area contributed by atoms with Gasteiger partial charge in [0.2, 0.25) is 0 Å². The number of ketones is 1. The van der Waals surface area contributed by atoms with Gasteiger partial charge in [-0.25, -0.2) is 0 Å². The standard InChI is InChI=1S/C25H28O6/c1-6-25(4,5)17-9-15(18(26)10-20(17)28)16-12-31-21-11-19(27)14(8-7-13(2)3)23(29)22(21)24(16)30/h6-7,9-11,16,26-29H,1,8,12H2,2-5H3/t16-/m1/s1. The van der Waals surface area contributed by atoms with Crippen LogP contribution in [-0.4, -0.2) is 32.8 Å².